The Kier molecular flexibility index (Phi) is 5.16. The summed E-state index contributed by atoms with van der Waals surface area (Å²) in [5.41, 5.74) is 2.44. The minimum absolute atomic E-state index is 0.140. The van der Waals surface area contributed by atoms with Crippen LogP contribution in [-0.4, -0.2) is 52.0 Å². The number of halogens is 1. The maximum Gasteiger partial charge on any atom is 0.254 e. The van der Waals surface area contributed by atoms with E-state index in [2.05, 4.69) is 15.0 Å². The summed E-state index contributed by atoms with van der Waals surface area (Å²) in [5.74, 6) is 0.611. The third-order valence-electron chi connectivity index (χ3n) is 4.94. The second kappa shape index (κ2) is 7.90. The van der Waals surface area contributed by atoms with Crippen LogP contribution in [0.25, 0.3) is 11.4 Å². The van der Waals surface area contributed by atoms with Crippen molar-refractivity contribution in [3.05, 3.63) is 71.4 Å². The molecular weight excluding hydrogens is 359 g/mol. The molecular formula is C21H21FN4O2. The molecule has 0 radical (unpaired) electrons. The quantitative estimate of drug-likeness (QED) is 0.696. The molecule has 1 aromatic heterocycles. The standard InChI is InChI=1S/C21H21FN4O2/c1-15-5-2-3-8-18(15)20-23-19(28-24-20)14-25-9-11-26(12-10-25)21(27)16-6-4-7-17(22)13-16/h2-8,13H,9-12,14H2,1H3. The molecule has 2 heterocycles. The fourth-order valence-corrected chi connectivity index (χ4v) is 3.36. The minimum Gasteiger partial charge on any atom is -0.338 e. The maximum atomic E-state index is 13.3. The lowest BCUT2D eigenvalue weighted by Gasteiger charge is -2.34. The lowest BCUT2D eigenvalue weighted by atomic mass is 10.1. The van der Waals surface area contributed by atoms with Gasteiger partial charge in [-0.15, -0.1) is 0 Å². The zero-order valence-electron chi connectivity index (χ0n) is 15.6. The molecule has 0 N–H and O–H groups in total. The van der Waals surface area contributed by atoms with Gasteiger partial charge in [0.2, 0.25) is 11.7 Å². The Morgan fingerprint density at radius 3 is 2.64 bits per heavy atom. The number of piperazine rings is 1. The molecule has 3 aromatic rings. The van der Waals surface area contributed by atoms with Crippen molar-refractivity contribution in [3.8, 4) is 11.4 Å². The number of aryl methyl sites for hydroxylation is 1. The van der Waals surface area contributed by atoms with E-state index in [0.29, 0.717) is 50.0 Å². The first-order chi connectivity index (χ1) is 13.6. The average molecular weight is 380 g/mol. The van der Waals surface area contributed by atoms with Gasteiger partial charge in [-0.2, -0.15) is 4.98 Å². The Morgan fingerprint density at radius 2 is 1.89 bits per heavy atom. The van der Waals surface area contributed by atoms with Crippen LogP contribution < -0.4 is 0 Å². The number of rotatable bonds is 4. The second-order valence-electron chi connectivity index (χ2n) is 6.91. The fraction of sp³-hybridized carbons (Fsp3) is 0.286. The van der Waals surface area contributed by atoms with E-state index in [1.54, 1.807) is 17.0 Å². The summed E-state index contributed by atoms with van der Waals surface area (Å²) in [6.07, 6.45) is 0. The molecule has 4 rings (SSSR count). The van der Waals surface area contributed by atoms with Gasteiger partial charge in [0.15, 0.2) is 0 Å². The van der Waals surface area contributed by atoms with Crippen molar-refractivity contribution in [2.75, 3.05) is 26.2 Å². The second-order valence-corrected chi connectivity index (χ2v) is 6.91. The average Bonchev–Trinajstić information content (AvgIpc) is 3.16. The van der Waals surface area contributed by atoms with Crippen LogP contribution in [0.15, 0.2) is 53.1 Å². The summed E-state index contributed by atoms with van der Waals surface area (Å²) >= 11 is 0. The first-order valence-corrected chi connectivity index (χ1v) is 9.26. The number of benzene rings is 2. The van der Waals surface area contributed by atoms with Gasteiger partial charge < -0.3 is 9.42 Å². The minimum atomic E-state index is -0.398. The number of nitrogens with zero attached hydrogens (tertiary/aromatic N) is 4. The predicted octanol–water partition coefficient (Wildman–Crippen LogP) is 3.14. The first-order valence-electron chi connectivity index (χ1n) is 9.26. The van der Waals surface area contributed by atoms with E-state index in [9.17, 15) is 9.18 Å². The Hall–Kier alpha value is -3.06. The predicted molar refractivity (Wildman–Crippen MR) is 102 cm³/mol. The van der Waals surface area contributed by atoms with Crippen molar-refractivity contribution in [3.63, 3.8) is 0 Å². The van der Waals surface area contributed by atoms with Crippen molar-refractivity contribution in [2.24, 2.45) is 0 Å². The lowest BCUT2D eigenvalue weighted by molar-refractivity contribution is 0.0614. The molecule has 0 unspecified atom stereocenters. The molecule has 7 heteroatoms. The van der Waals surface area contributed by atoms with Gasteiger partial charge in [0.1, 0.15) is 5.82 Å². The zero-order valence-corrected chi connectivity index (χ0v) is 15.6. The Balaban J connectivity index is 1.35. The van der Waals surface area contributed by atoms with Crippen LogP contribution in [0.3, 0.4) is 0 Å². The SMILES string of the molecule is Cc1ccccc1-c1noc(CN2CCN(C(=O)c3cccc(F)c3)CC2)n1. The van der Waals surface area contributed by atoms with Gasteiger partial charge in [-0.05, 0) is 30.7 Å². The Morgan fingerprint density at radius 1 is 1.11 bits per heavy atom. The lowest BCUT2D eigenvalue weighted by Crippen LogP contribution is -2.48. The number of carbonyl (C=O) groups is 1. The van der Waals surface area contributed by atoms with E-state index in [1.165, 1.54) is 12.1 Å². The summed E-state index contributed by atoms with van der Waals surface area (Å²) in [6, 6.07) is 13.7. The van der Waals surface area contributed by atoms with Gasteiger partial charge in [0, 0.05) is 37.3 Å². The summed E-state index contributed by atoms with van der Waals surface area (Å²) in [4.78, 5) is 20.9. The van der Waals surface area contributed by atoms with Crippen LogP contribution in [0.4, 0.5) is 4.39 Å². The normalized spacial score (nSPS) is 15.0. The molecule has 0 atom stereocenters. The third kappa shape index (κ3) is 3.94. The van der Waals surface area contributed by atoms with E-state index in [4.69, 9.17) is 4.52 Å². The number of aromatic nitrogens is 2. The largest absolute Gasteiger partial charge is 0.338 e. The van der Waals surface area contributed by atoms with Crippen LogP contribution in [-0.2, 0) is 6.54 Å². The molecule has 6 nitrogen and oxygen atoms in total. The third-order valence-corrected chi connectivity index (χ3v) is 4.94. The molecule has 0 spiro atoms. The molecule has 1 fully saturated rings. The fourth-order valence-electron chi connectivity index (χ4n) is 3.36. The highest BCUT2D eigenvalue weighted by Crippen LogP contribution is 2.20. The Labute approximate surface area is 162 Å². The Bertz CT molecular complexity index is 980. The molecule has 1 aliphatic heterocycles. The smallest absolute Gasteiger partial charge is 0.254 e. The molecule has 144 valence electrons. The van der Waals surface area contributed by atoms with Gasteiger partial charge >= 0.3 is 0 Å². The molecule has 2 aromatic carbocycles. The van der Waals surface area contributed by atoms with Crippen molar-refractivity contribution < 1.29 is 13.7 Å². The van der Waals surface area contributed by atoms with Crippen molar-refractivity contribution in [1.29, 1.82) is 0 Å². The number of hydrogen-bond donors (Lipinski definition) is 0. The number of hydrogen-bond acceptors (Lipinski definition) is 5. The molecule has 1 saturated heterocycles. The number of amides is 1. The molecule has 28 heavy (non-hydrogen) atoms. The van der Waals surface area contributed by atoms with Gasteiger partial charge in [0.05, 0.1) is 6.54 Å². The monoisotopic (exact) mass is 380 g/mol. The van der Waals surface area contributed by atoms with Gasteiger partial charge in [0.25, 0.3) is 5.91 Å². The molecule has 0 saturated carbocycles. The van der Waals surface area contributed by atoms with Crippen LogP contribution in [0.1, 0.15) is 21.8 Å². The van der Waals surface area contributed by atoms with Crippen molar-refractivity contribution in [2.45, 2.75) is 13.5 Å². The topological polar surface area (TPSA) is 62.5 Å². The first kappa shape index (κ1) is 18.3. The van der Waals surface area contributed by atoms with E-state index in [-0.39, 0.29) is 5.91 Å². The van der Waals surface area contributed by atoms with Crippen LogP contribution in [0.2, 0.25) is 0 Å². The summed E-state index contributed by atoms with van der Waals surface area (Å²) in [6.45, 7) is 5.11. The molecule has 1 aliphatic rings. The van der Waals surface area contributed by atoms with Crippen LogP contribution >= 0.6 is 0 Å². The van der Waals surface area contributed by atoms with E-state index in [0.717, 1.165) is 11.1 Å². The van der Waals surface area contributed by atoms with Gasteiger partial charge in [-0.1, -0.05) is 35.5 Å². The van der Waals surface area contributed by atoms with E-state index in [1.807, 2.05) is 31.2 Å². The van der Waals surface area contributed by atoms with Crippen molar-refractivity contribution >= 4 is 5.91 Å². The summed E-state index contributed by atoms with van der Waals surface area (Å²) in [5, 5.41) is 4.09. The molecule has 1 amide bonds. The van der Waals surface area contributed by atoms with Crippen LogP contribution in [0, 0.1) is 12.7 Å². The summed E-state index contributed by atoms with van der Waals surface area (Å²) in [7, 11) is 0. The molecule has 0 bridgehead atoms. The highest BCUT2D eigenvalue weighted by molar-refractivity contribution is 5.94. The highest BCUT2D eigenvalue weighted by atomic mass is 19.1. The van der Waals surface area contributed by atoms with Crippen molar-refractivity contribution in [1.82, 2.24) is 19.9 Å². The summed E-state index contributed by atoms with van der Waals surface area (Å²) < 4.78 is 18.8. The number of carbonyl (C=O) groups excluding carboxylic acids is 1. The van der Waals surface area contributed by atoms with E-state index < -0.39 is 5.82 Å². The van der Waals surface area contributed by atoms with Gasteiger partial charge in [-0.3, -0.25) is 9.69 Å². The highest BCUT2D eigenvalue weighted by Gasteiger charge is 2.23. The maximum absolute atomic E-state index is 13.3. The van der Waals surface area contributed by atoms with Crippen LogP contribution in [0.5, 0.6) is 0 Å². The molecule has 0 aliphatic carbocycles. The van der Waals surface area contributed by atoms with E-state index >= 15 is 0 Å². The van der Waals surface area contributed by atoms with Gasteiger partial charge in [-0.25, -0.2) is 4.39 Å². The zero-order chi connectivity index (χ0) is 19.5.